The summed E-state index contributed by atoms with van der Waals surface area (Å²) in [6.45, 7) is 8.67. The highest BCUT2D eigenvalue weighted by Crippen LogP contribution is 2.19. The third kappa shape index (κ3) is 20.3. The highest BCUT2D eigenvalue weighted by molar-refractivity contribution is 8.00. The molecule has 0 aliphatic heterocycles. The Hall–Kier alpha value is -0.950. The van der Waals surface area contributed by atoms with Crippen LogP contribution >= 0.6 is 11.8 Å². The van der Waals surface area contributed by atoms with E-state index in [2.05, 4.69) is 30.7 Å². The maximum absolute atomic E-state index is 11.5. The van der Waals surface area contributed by atoms with E-state index in [1.165, 1.54) is 82.8 Å². The van der Waals surface area contributed by atoms with E-state index in [1.807, 2.05) is 25.6 Å². The van der Waals surface area contributed by atoms with Crippen molar-refractivity contribution in [3.05, 3.63) is 0 Å². The first-order chi connectivity index (χ1) is 14.6. The second kappa shape index (κ2) is 22.7. The molecular weight excluding hydrogens is 390 g/mol. The fourth-order valence-corrected chi connectivity index (χ4v) is 4.35. The molecule has 0 amide bonds. The molecule has 0 rings (SSSR count). The van der Waals surface area contributed by atoms with Crippen molar-refractivity contribution in [2.75, 3.05) is 12.4 Å². The van der Waals surface area contributed by atoms with Gasteiger partial charge in [0.1, 0.15) is 0 Å². The van der Waals surface area contributed by atoms with Crippen molar-refractivity contribution in [1.29, 1.82) is 0 Å². The van der Waals surface area contributed by atoms with E-state index >= 15 is 0 Å². The van der Waals surface area contributed by atoms with Gasteiger partial charge < -0.3 is 4.74 Å². The Kier molecular flexibility index (Phi) is 22.0. The molecule has 0 bridgehead atoms. The minimum absolute atomic E-state index is 0.0771. The zero-order valence-corrected chi connectivity index (χ0v) is 21.0. The van der Waals surface area contributed by atoms with Crippen LogP contribution in [0.4, 0.5) is 0 Å². The monoisotopic (exact) mass is 437 g/mol. The molecule has 0 heterocycles. The zero-order valence-electron chi connectivity index (χ0n) is 20.2. The zero-order chi connectivity index (χ0) is 22.3. The molecule has 174 valence electrons. The Balaban J connectivity index is 3.99. The van der Waals surface area contributed by atoms with Crippen LogP contribution in [0.5, 0.6) is 0 Å². The quantitative estimate of drug-likeness (QED) is 0.0903. The van der Waals surface area contributed by atoms with Crippen LogP contribution in [0.25, 0.3) is 0 Å². The highest BCUT2D eigenvalue weighted by Gasteiger charge is 2.07. The van der Waals surface area contributed by atoms with E-state index in [0.717, 1.165) is 6.42 Å². The van der Waals surface area contributed by atoms with Gasteiger partial charge in [0.25, 0.3) is 0 Å². The van der Waals surface area contributed by atoms with Gasteiger partial charge in [0.15, 0.2) is 0 Å². The lowest BCUT2D eigenvalue weighted by atomic mass is 10.1. The van der Waals surface area contributed by atoms with Gasteiger partial charge in [-0.05, 0) is 32.4 Å². The molecule has 30 heavy (non-hydrogen) atoms. The minimum atomic E-state index is -0.192. The summed E-state index contributed by atoms with van der Waals surface area (Å²) in [7, 11) is 0. The largest absolute Gasteiger partial charge is 0.466 e. The third-order valence-corrected chi connectivity index (χ3v) is 6.32. The maximum Gasteiger partial charge on any atom is 0.307 e. The predicted octanol–water partition coefficient (Wildman–Crippen LogP) is 7.62. The number of esters is 1. The number of thioether (sulfide) groups is 1. The number of unbranched alkanes of at least 4 members (excludes halogenated alkanes) is 10. The summed E-state index contributed by atoms with van der Waals surface area (Å²) in [6, 6.07) is -0.0771. The summed E-state index contributed by atoms with van der Waals surface area (Å²) < 4.78 is 4.95. The molecule has 0 aromatic carbocycles. The summed E-state index contributed by atoms with van der Waals surface area (Å²) in [5.74, 6) is 7.49. The number of ether oxygens (including phenoxy) is 1. The van der Waals surface area contributed by atoms with Gasteiger partial charge in [-0.1, -0.05) is 96.3 Å². The Morgan fingerprint density at radius 3 is 2.13 bits per heavy atom. The summed E-state index contributed by atoms with van der Waals surface area (Å²) in [4.78, 5) is 15.8. The summed E-state index contributed by atoms with van der Waals surface area (Å²) in [6.07, 6.45) is 19.4. The molecule has 0 aliphatic rings. The number of carbonyl (C=O) groups excluding carboxylic acids is 1. The number of hydrogen-bond donors (Lipinski definition) is 0. The van der Waals surface area contributed by atoms with E-state index in [-0.39, 0.29) is 12.0 Å². The summed E-state index contributed by atoms with van der Waals surface area (Å²) in [5, 5.41) is 0.398. The van der Waals surface area contributed by atoms with Crippen molar-refractivity contribution in [2.24, 2.45) is 4.99 Å². The van der Waals surface area contributed by atoms with Gasteiger partial charge in [0.05, 0.1) is 30.5 Å². The van der Waals surface area contributed by atoms with Crippen LogP contribution < -0.4 is 0 Å². The predicted molar refractivity (Wildman–Crippen MR) is 135 cm³/mol. The molecule has 0 radical (unpaired) electrons. The van der Waals surface area contributed by atoms with Crippen molar-refractivity contribution in [1.82, 2.24) is 0 Å². The van der Waals surface area contributed by atoms with Crippen LogP contribution in [0.15, 0.2) is 4.99 Å². The maximum atomic E-state index is 11.5. The van der Waals surface area contributed by atoms with Gasteiger partial charge in [-0.15, -0.1) is 11.8 Å². The van der Waals surface area contributed by atoms with Gasteiger partial charge in [0, 0.05) is 0 Å². The van der Waals surface area contributed by atoms with Gasteiger partial charge in [-0.2, -0.15) is 0 Å². The molecule has 0 saturated carbocycles. The van der Waals surface area contributed by atoms with Gasteiger partial charge in [-0.25, -0.2) is 0 Å². The Bertz CT molecular complexity index is 481. The van der Waals surface area contributed by atoms with Crippen LogP contribution in [0.1, 0.15) is 118 Å². The van der Waals surface area contributed by atoms with Crippen molar-refractivity contribution in [2.45, 2.75) is 129 Å². The van der Waals surface area contributed by atoms with E-state index in [1.54, 1.807) is 6.21 Å². The first kappa shape index (κ1) is 29.1. The molecule has 2 atom stereocenters. The van der Waals surface area contributed by atoms with E-state index in [0.29, 0.717) is 18.3 Å². The molecule has 0 aromatic rings. The van der Waals surface area contributed by atoms with Crippen molar-refractivity contribution < 1.29 is 9.53 Å². The van der Waals surface area contributed by atoms with Gasteiger partial charge >= 0.3 is 5.97 Å². The molecule has 3 nitrogen and oxygen atoms in total. The lowest BCUT2D eigenvalue weighted by Gasteiger charge is -2.09. The van der Waals surface area contributed by atoms with Crippen LogP contribution in [0, 0.1) is 11.8 Å². The van der Waals surface area contributed by atoms with Crippen LogP contribution in [0.3, 0.4) is 0 Å². The number of rotatable bonds is 19. The standard InChI is InChI=1S/C26H47NO2S/c1-5-8-10-11-12-13-14-15-16-17-22-30-25(19-9-6-2)20-18-21-27-24(4)23-26(28)29-7-3/h21,24-25H,5-17,19,22-23H2,1-4H3. The Morgan fingerprint density at radius 1 is 0.933 bits per heavy atom. The van der Waals surface area contributed by atoms with Gasteiger partial charge in [0.2, 0.25) is 0 Å². The molecular formula is C26H47NO2S. The third-order valence-electron chi connectivity index (χ3n) is 5.04. The van der Waals surface area contributed by atoms with Crippen LogP contribution in [-0.2, 0) is 9.53 Å². The lowest BCUT2D eigenvalue weighted by Crippen LogP contribution is -2.11. The molecule has 0 aliphatic carbocycles. The second-order valence-electron chi connectivity index (χ2n) is 8.11. The molecule has 4 heteroatoms. The Labute approximate surface area is 191 Å². The average molecular weight is 438 g/mol. The normalized spacial score (nSPS) is 13.1. The second-order valence-corrected chi connectivity index (χ2v) is 9.42. The number of hydrogen-bond acceptors (Lipinski definition) is 4. The minimum Gasteiger partial charge on any atom is -0.466 e. The molecule has 0 aromatic heterocycles. The van der Waals surface area contributed by atoms with Crippen molar-refractivity contribution in [3.8, 4) is 11.8 Å². The fourth-order valence-electron chi connectivity index (χ4n) is 3.21. The first-order valence-electron chi connectivity index (χ1n) is 12.4. The molecule has 2 unspecified atom stereocenters. The van der Waals surface area contributed by atoms with Crippen LogP contribution in [-0.4, -0.2) is 35.8 Å². The average Bonchev–Trinajstić information content (AvgIpc) is 2.72. The number of carbonyl (C=O) groups is 1. The highest BCUT2D eigenvalue weighted by atomic mass is 32.2. The molecule has 0 saturated heterocycles. The number of aliphatic imine (C=N–C) groups is 1. The van der Waals surface area contributed by atoms with Crippen molar-refractivity contribution >= 4 is 23.9 Å². The fraction of sp³-hybridized carbons (Fsp3) is 0.846. The number of nitrogens with zero attached hydrogens (tertiary/aromatic N) is 1. The molecule has 0 spiro atoms. The first-order valence-corrected chi connectivity index (χ1v) is 13.5. The van der Waals surface area contributed by atoms with E-state index in [4.69, 9.17) is 4.74 Å². The summed E-state index contributed by atoms with van der Waals surface area (Å²) in [5.41, 5.74) is 0. The van der Waals surface area contributed by atoms with E-state index < -0.39 is 0 Å². The molecule has 0 N–H and O–H groups in total. The molecule has 0 fully saturated rings. The lowest BCUT2D eigenvalue weighted by molar-refractivity contribution is -0.143. The van der Waals surface area contributed by atoms with Crippen LogP contribution in [0.2, 0.25) is 0 Å². The van der Waals surface area contributed by atoms with Crippen molar-refractivity contribution in [3.63, 3.8) is 0 Å². The smallest absolute Gasteiger partial charge is 0.307 e. The SMILES string of the molecule is CCCCCCCCCCCCSC(C#CC=NC(C)CC(=O)OCC)CCCC. The van der Waals surface area contributed by atoms with E-state index in [9.17, 15) is 4.79 Å². The van der Waals surface area contributed by atoms with Gasteiger partial charge in [-0.3, -0.25) is 9.79 Å². The summed E-state index contributed by atoms with van der Waals surface area (Å²) >= 11 is 2.01. The topological polar surface area (TPSA) is 38.7 Å². The Morgan fingerprint density at radius 2 is 1.53 bits per heavy atom.